The summed E-state index contributed by atoms with van der Waals surface area (Å²) in [6.45, 7) is -0.488. The Bertz CT molecular complexity index is 628. The highest BCUT2D eigenvalue weighted by Gasteiger charge is 2.18. The molecule has 4 nitrogen and oxygen atoms in total. The van der Waals surface area contributed by atoms with E-state index < -0.39 is 24.3 Å². The van der Waals surface area contributed by atoms with Crippen molar-refractivity contribution in [2.24, 2.45) is 0 Å². The first-order valence-electron chi connectivity index (χ1n) is 5.51. The van der Waals surface area contributed by atoms with Gasteiger partial charge < -0.3 is 10.4 Å². The molecule has 0 saturated heterocycles. The highest BCUT2D eigenvalue weighted by Crippen LogP contribution is 2.26. The van der Waals surface area contributed by atoms with E-state index in [9.17, 15) is 13.9 Å². The van der Waals surface area contributed by atoms with Crippen LogP contribution in [0.25, 0.3) is 0 Å². The smallest absolute Gasteiger partial charge is 0.224 e. The normalized spacial score (nSPS) is 12.2. The number of aliphatic hydroxyl groups excluding tert-OH is 1. The van der Waals surface area contributed by atoms with E-state index in [1.807, 2.05) is 0 Å². The fourth-order valence-corrected chi connectivity index (χ4v) is 1.89. The van der Waals surface area contributed by atoms with Gasteiger partial charge in [0, 0.05) is 5.56 Å². The molecule has 1 atom stereocenters. The average Bonchev–Trinajstić information content (AvgIpc) is 2.42. The molecule has 0 spiro atoms. The molecule has 2 rings (SSSR count). The van der Waals surface area contributed by atoms with Crippen LogP contribution in [0.15, 0.2) is 24.4 Å². The molecule has 0 aliphatic carbocycles. The molecule has 2 N–H and O–H groups in total. The van der Waals surface area contributed by atoms with E-state index in [0.29, 0.717) is 0 Å². The molecule has 0 bridgehead atoms. The van der Waals surface area contributed by atoms with Crippen LogP contribution in [0.2, 0.25) is 10.3 Å². The van der Waals surface area contributed by atoms with Crippen LogP contribution in [-0.2, 0) is 0 Å². The van der Waals surface area contributed by atoms with Crippen LogP contribution in [0.3, 0.4) is 0 Å². The molecular weight excluding hydrogens is 311 g/mol. The van der Waals surface area contributed by atoms with Gasteiger partial charge in [0.05, 0.1) is 18.8 Å². The zero-order valence-corrected chi connectivity index (χ0v) is 11.5. The quantitative estimate of drug-likeness (QED) is 0.850. The van der Waals surface area contributed by atoms with E-state index in [2.05, 4.69) is 15.3 Å². The third kappa shape index (κ3) is 3.33. The second-order valence-electron chi connectivity index (χ2n) is 3.88. The van der Waals surface area contributed by atoms with Gasteiger partial charge in [-0.2, -0.15) is 4.98 Å². The van der Waals surface area contributed by atoms with Crippen molar-refractivity contribution in [3.63, 3.8) is 0 Å². The maximum absolute atomic E-state index is 13.7. The Morgan fingerprint density at radius 2 is 2.05 bits per heavy atom. The lowest BCUT2D eigenvalue weighted by Gasteiger charge is -2.18. The zero-order chi connectivity index (χ0) is 14.7. The van der Waals surface area contributed by atoms with Crippen molar-refractivity contribution in [3.8, 4) is 0 Å². The molecule has 0 amide bonds. The topological polar surface area (TPSA) is 58.0 Å². The van der Waals surface area contributed by atoms with E-state index in [-0.39, 0.29) is 21.7 Å². The van der Waals surface area contributed by atoms with Crippen molar-refractivity contribution in [1.29, 1.82) is 0 Å². The van der Waals surface area contributed by atoms with Crippen LogP contribution in [0, 0.1) is 11.6 Å². The molecular formula is C12H9Cl2F2N3O. The van der Waals surface area contributed by atoms with E-state index in [0.717, 1.165) is 18.2 Å². The average molecular weight is 320 g/mol. The maximum atomic E-state index is 13.7. The van der Waals surface area contributed by atoms with E-state index >= 15 is 0 Å². The molecule has 0 radical (unpaired) electrons. The minimum atomic E-state index is -0.922. The second kappa shape index (κ2) is 6.30. The number of aliphatic hydroxyl groups is 1. The standard InChI is InChI=1S/C12H9Cl2F2N3O/c13-8-4-17-12(14)19-11(8)18-10(5-20)7-3-6(15)1-2-9(7)16/h1-4,10,20H,5H2,(H,17,18,19). The van der Waals surface area contributed by atoms with Gasteiger partial charge in [0.2, 0.25) is 5.28 Å². The number of nitrogens with zero attached hydrogens (tertiary/aromatic N) is 2. The molecule has 1 heterocycles. The van der Waals surface area contributed by atoms with Gasteiger partial charge in [-0.05, 0) is 29.8 Å². The van der Waals surface area contributed by atoms with Crippen LogP contribution in [0.1, 0.15) is 11.6 Å². The second-order valence-corrected chi connectivity index (χ2v) is 4.63. The predicted octanol–water partition coefficient (Wildman–Crippen LogP) is 3.21. The van der Waals surface area contributed by atoms with Crippen LogP contribution in [-0.4, -0.2) is 21.7 Å². The summed E-state index contributed by atoms with van der Waals surface area (Å²) in [4.78, 5) is 7.48. The summed E-state index contributed by atoms with van der Waals surface area (Å²) in [7, 11) is 0. The molecule has 0 aliphatic heterocycles. The summed E-state index contributed by atoms with van der Waals surface area (Å²) in [5.74, 6) is -1.16. The van der Waals surface area contributed by atoms with Crippen molar-refractivity contribution < 1.29 is 13.9 Å². The molecule has 0 fully saturated rings. The first kappa shape index (κ1) is 14.9. The van der Waals surface area contributed by atoms with Gasteiger partial charge in [-0.25, -0.2) is 13.8 Å². The number of halogens is 4. The van der Waals surface area contributed by atoms with Gasteiger partial charge in [0.15, 0.2) is 0 Å². The Balaban J connectivity index is 2.33. The number of benzene rings is 1. The number of anilines is 1. The highest BCUT2D eigenvalue weighted by atomic mass is 35.5. The number of hydrogen-bond donors (Lipinski definition) is 2. The first-order valence-corrected chi connectivity index (χ1v) is 6.27. The Morgan fingerprint density at radius 3 is 2.75 bits per heavy atom. The summed E-state index contributed by atoms with van der Waals surface area (Å²) < 4.78 is 26.9. The van der Waals surface area contributed by atoms with Gasteiger partial charge in [-0.3, -0.25) is 0 Å². The Kier molecular flexibility index (Phi) is 4.69. The van der Waals surface area contributed by atoms with Crippen LogP contribution in [0.4, 0.5) is 14.6 Å². The molecule has 1 unspecified atom stereocenters. The Labute approximate surface area is 123 Å². The maximum Gasteiger partial charge on any atom is 0.224 e. The minimum absolute atomic E-state index is 0.0432. The van der Waals surface area contributed by atoms with Gasteiger partial charge >= 0.3 is 0 Å². The van der Waals surface area contributed by atoms with Crippen LogP contribution < -0.4 is 5.32 Å². The zero-order valence-electron chi connectivity index (χ0n) is 9.95. The van der Waals surface area contributed by atoms with Gasteiger partial charge in [-0.1, -0.05) is 11.6 Å². The highest BCUT2D eigenvalue weighted by molar-refractivity contribution is 6.33. The van der Waals surface area contributed by atoms with Gasteiger partial charge in [-0.15, -0.1) is 0 Å². The van der Waals surface area contributed by atoms with Crippen LogP contribution in [0.5, 0.6) is 0 Å². The van der Waals surface area contributed by atoms with E-state index in [4.69, 9.17) is 23.2 Å². The van der Waals surface area contributed by atoms with Gasteiger partial charge in [0.1, 0.15) is 22.5 Å². The predicted molar refractivity (Wildman–Crippen MR) is 71.9 cm³/mol. The summed E-state index contributed by atoms with van der Waals surface area (Å²) in [5, 5.41) is 12.1. The first-order chi connectivity index (χ1) is 9.51. The lowest BCUT2D eigenvalue weighted by atomic mass is 10.1. The molecule has 1 aromatic heterocycles. The van der Waals surface area contributed by atoms with Crippen molar-refractivity contribution in [2.75, 3.05) is 11.9 Å². The number of rotatable bonds is 4. The van der Waals surface area contributed by atoms with E-state index in [1.165, 1.54) is 6.20 Å². The number of nitrogens with one attached hydrogen (secondary N) is 1. The lowest BCUT2D eigenvalue weighted by Crippen LogP contribution is -2.17. The summed E-state index contributed by atoms with van der Waals surface area (Å²) in [6, 6.07) is 2.03. The van der Waals surface area contributed by atoms with E-state index in [1.54, 1.807) is 0 Å². The monoisotopic (exact) mass is 319 g/mol. The SMILES string of the molecule is OCC(Nc1nc(Cl)ncc1Cl)c1cc(F)ccc1F. The molecule has 20 heavy (non-hydrogen) atoms. The molecule has 106 valence electrons. The fraction of sp³-hybridized carbons (Fsp3) is 0.167. The minimum Gasteiger partial charge on any atom is -0.394 e. The third-order valence-corrected chi connectivity index (χ3v) is 3.00. The van der Waals surface area contributed by atoms with Crippen molar-refractivity contribution >= 4 is 29.0 Å². The molecule has 8 heteroatoms. The third-order valence-electron chi connectivity index (χ3n) is 2.54. The summed E-state index contributed by atoms with van der Waals surface area (Å²) >= 11 is 11.5. The molecule has 0 aliphatic rings. The molecule has 1 aromatic carbocycles. The Hall–Kier alpha value is -1.50. The number of aromatic nitrogens is 2. The van der Waals surface area contributed by atoms with Crippen LogP contribution >= 0.6 is 23.2 Å². The number of hydrogen-bond acceptors (Lipinski definition) is 4. The lowest BCUT2D eigenvalue weighted by molar-refractivity contribution is 0.273. The van der Waals surface area contributed by atoms with Crippen molar-refractivity contribution in [2.45, 2.75) is 6.04 Å². The molecule has 0 saturated carbocycles. The van der Waals surface area contributed by atoms with Gasteiger partial charge in [0.25, 0.3) is 0 Å². The largest absolute Gasteiger partial charge is 0.394 e. The molecule has 2 aromatic rings. The Morgan fingerprint density at radius 1 is 1.30 bits per heavy atom. The summed E-state index contributed by atoms with van der Waals surface area (Å²) in [6.07, 6.45) is 1.26. The fourth-order valence-electron chi connectivity index (χ4n) is 1.62. The summed E-state index contributed by atoms with van der Waals surface area (Å²) in [5.41, 5.74) is -0.0432. The van der Waals surface area contributed by atoms with Crippen molar-refractivity contribution in [1.82, 2.24) is 9.97 Å². The van der Waals surface area contributed by atoms with Crippen molar-refractivity contribution in [3.05, 3.63) is 51.9 Å².